The molecule has 0 aromatic heterocycles. The van der Waals surface area contributed by atoms with Gasteiger partial charge in [-0.2, -0.15) is 5.26 Å². The Balaban J connectivity index is 2.63. The molecule has 1 heterocycles. The molecule has 0 saturated heterocycles. The summed E-state index contributed by atoms with van der Waals surface area (Å²) in [6.45, 7) is 4.74. The van der Waals surface area contributed by atoms with Crippen LogP contribution in [-0.4, -0.2) is 46.8 Å². The molecule has 7 heteroatoms. The van der Waals surface area contributed by atoms with Crippen molar-refractivity contribution < 1.29 is 19.5 Å². The summed E-state index contributed by atoms with van der Waals surface area (Å²) in [5.41, 5.74) is -0.150. The molecule has 104 valence electrons. The highest BCUT2D eigenvalue weighted by Gasteiger charge is 2.34. The Morgan fingerprint density at radius 3 is 2.79 bits per heavy atom. The molecular formula is C12H17N3O4. The third-order valence-electron chi connectivity index (χ3n) is 2.58. The van der Waals surface area contributed by atoms with E-state index in [1.807, 2.05) is 19.9 Å². The Kier molecular flexibility index (Phi) is 5.30. The zero-order chi connectivity index (χ0) is 14.4. The van der Waals surface area contributed by atoms with Crippen molar-refractivity contribution in [1.82, 2.24) is 4.90 Å². The molecule has 1 atom stereocenters. The van der Waals surface area contributed by atoms with Crippen LogP contribution in [0.2, 0.25) is 0 Å². The minimum absolute atomic E-state index is 0.0324. The molecule has 1 N–H and O–H groups in total. The van der Waals surface area contributed by atoms with Crippen molar-refractivity contribution in [2.75, 3.05) is 13.1 Å². The first-order valence-electron chi connectivity index (χ1n) is 6.07. The molecule has 1 unspecified atom stereocenters. The molecule has 1 aliphatic heterocycles. The second kappa shape index (κ2) is 6.73. The first kappa shape index (κ1) is 15.0. The van der Waals surface area contributed by atoms with Crippen molar-refractivity contribution in [2.24, 2.45) is 11.1 Å². The monoisotopic (exact) mass is 267 g/mol. The molecule has 7 nitrogen and oxygen atoms in total. The second-order valence-corrected chi connectivity index (χ2v) is 4.73. The number of carbonyl (C=O) groups excluding carboxylic acids is 1. The second-order valence-electron chi connectivity index (χ2n) is 4.73. The van der Waals surface area contributed by atoms with Gasteiger partial charge in [0.05, 0.1) is 12.5 Å². The lowest BCUT2D eigenvalue weighted by Crippen LogP contribution is -2.42. The van der Waals surface area contributed by atoms with Crippen LogP contribution in [0.3, 0.4) is 0 Å². The highest BCUT2D eigenvalue weighted by Crippen LogP contribution is 2.15. The summed E-state index contributed by atoms with van der Waals surface area (Å²) in [7, 11) is 0. The Hall–Kier alpha value is -2.10. The van der Waals surface area contributed by atoms with E-state index in [0.717, 1.165) is 0 Å². The number of hydrogen-bond acceptors (Lipinski definition) is 5. The number of carbonyl (C=O) groups is 2. The van der Waals surface area contributed by atoms with Crippen LogP contribution in [0.4, 0.5) is 0 Å². The summed E-state index contributed by atoms with van der Waals surface area (Å²) in [5.74, 6) is -1.24. The van der Waals surface area contributed by atoms with Crippen LogP contribution in [0.15, 0.2) is 5.16 Å². The number of amides is 1. The molecule has 0 aromatic rings. The largest absolute Gasteiger partial charge is 0.477 e. The van der Waals surface area contributed by atoms with Crippen LogP contribution in [0.25, 0.3) is 0 Å². The summed E-state index contributed by atoms with van der Waals surface area (Å²) in [5, 5.41) is 20.7. The lowest BCUT2D eigenvalue weighted by Gasteiger charge is -2.25. The van der Waals surface area contributed by atoms with Crippen molar-refractivity contribution in [3.05, 3.63) is 0 Å². The van der Waals surface area contributed by atoms with Gasteiger partial charge in [-0.1, -0.05) is 19.0 Å². The number of oxime groups is 1. The van der Waals surface area contributed by atoms with Gasteiger partial charge in [-0.3, -0.25) is 4.79 Å². The van der Waals surface area contributed by atoms with Crippen molar-refractivity contribution in [3.63, 3.8) is 0 Å². The third kappa shape index (κ3) is 4.25. The molecule has 1 aliphatic rings. The van der Waals surface area contributed by atoms with Crippen LogP contribution in [0.1, 0.15) is 26.7 Å². The average Bonchev–Trinajstić information content (AvgIpc) is 2.82. The van der Waals surface area contributed by atoms with Crippen molar-refractivity contribution >= 4 is 17.6 Å². The first-order valence-corrected chi connectivity index (χ1v) is 6.07. The Morgan fingerprint density at radius 1 is 1.63 bits per heavy atom. The van der Waals surface area contributed by atoms with Crippen LogP contribution in [-0.2, 0) is 14.4 Å². The van der Waals surface area contributed by atoms with Crippen LogP contribution >= 0.6 is 0 Å². The molecule has 0 radical (unpaired) electrons. The number of aliphatic carboxylic acids is 1. The Labute approximate surface area is 111 Å². The fraction of sp³-hybridized carbons (Fsp3) is 0.667. The van der Waals surface area contributed by atoms with E-state index in [0.29, 0.717) is 13.1 Å². The average molecular weight is 267 g/mol. The number of nitriles is 1. The molecule has 1 amide bonds. The van der Waals surface area contributed by atoms with E-state index in [1.54, 1.807) is 0 Å². The van der Waals surface area contributed by atoms with Gasteiger partial charge in [0.1, 0.15) is 0 Å². The van der Waals surface area contributed by atoms with E-state index < -0.39 is 12.1 Å². The van der Waals surface area contributed by atoms with Crippen molar-refractivity contribution in [2.45, 2.75) is 32.8 Å². The van der Waals surface area contributed by atoms with E-state index in [1.165, 1.54) is 4.90 Å². The lowest BCUT2D eigenvalue weighted by molar-refractivity contribution is -0.142. The summed E-state index contributed by atoms with van der Waals surface area (Å²) < 4.78 is 0. The van der Waals surface area contributed by atoms with E-state index >= 15 is 0 Å². The highest BCUT2D eigenvalue weighted by molar-refractivity contribution is 6.36. The summed E-state index contributed by atoms with van der Waals surface area (Å²) in [6, 6.07) is 1.99. The smallest absolute Gasteiger partial charge is 0.353 e. The minimum atomic E-state index is -1.18. The van der Waals surface area contributed by atoms with Crippen LogP contribution in [0.5, 0.6) is 0 Å². The maximum atomic E-state index is 12.2. The topological polar surface area (TPSA) is 103 Å². The number of nitrogens with zero attached hydrogens (tertiary/aromatic N) is 3. The standard InChI is InChI=1S/C12H17N3O4/c1-8(2)7-15(5-3-4-13)11(16)10-6-9(12(17)18)14-19-10/h8,10H,3,5-7H2,1-2H3,(H,17,18). The molecule has 19 heavy (non-hydrogen) atoms. The van der Waals surface area contributed by atoms with Crippen molar-refractivity contribution in [3.8, 4) is 6.07 Å². The quantitative estimate of drug-likeness (QED) is 0.759. The minimum Gasteiger partial charge on any atom is -0.477 e. The maximum Gasteiger partial charge on any atom is 0.353 e. The first-order chi connectivity index (χ1) is 8.95. The molecule has 0 saturated carbocycles. The van der Waals surface area contributed by atoms with E-state index in [-0.39, 0.29) is 30.4 Å². The molecule has 0 fully saturated rings. The fourth-order valence-corrected chi connectivity index (χ4v) is 1.76. The van der Waals surface area contributed by atoms with Gasteiger partial charge in [-0.05, 0) is 5.92 Å². The van der Waals surface area contributed by atoms with Crippen molar-refractivity contribution in [1.29, 1.82) is 5.26 Å². The summed E-state index contributed by atoms with van der Waals surface area (Å²) in [4.78, 5) is 29.3. The number of carboxylic acid groups (broad SMARTS) is 1. The van der Waals surface area contributed by atoms with Gasteiger partial charge in [0.2, 0.25) is 6.10 Å². The van der Waals surface area contributed by atoms with E-state index in [9.17, 15) is 9.59 Å². The van der Waals surface area contributed by atoms with Gasteiger partial charge >= 0.3 is 5.97 Å². The van der Waals surface area contributed by atoms with Gasteiger partial charge < -0.3 is 14.8 Å². The predicted octanol–water partition coefficient (Wildman–Crippen LogP) is 0.614. The molecule has 0 aliphatic carbocycles. The maximum absolute atomic E-state index is 12.2. The normalized spacial score (nSPS) is 17.6. The zero-order valence-electron chi connectivity index (χ0n) is 11.0. The van der Waals surface area contributed by atoms with E-state index in [4.69, 9.17) is 15.2 Å². The van der Waals surface area contributed by atoms with Gasteiger partial charge in [0, 0.05) is 19.5 Å². The van der Waals surface area contributed by atoms with Gasteiger partial charge in [0.15, 0.2) is 5.71 Å². The fourth-order valence-electron chi connectivity index (χ4n) is 1.76. The SMILES string of the molecule is CC(C)CN(CCC#N)C(=O)C1CC(C(=O)O)=NO1. The number of carboxylic acids is 1. The lowest BCUT2D eigenvalue weighted by atomic mass is 10.1. The third-order valence-corrected chi connectivity index (χ3v) is 2.58. The molecule has 0 aromatic carbocycles. The molecule has 0 spiro atoms. The number of hydrogen-bond donors (Lipinski definition) is 1. The molecular weight excluding hydrogens is 250 g/mol. The Morgan fingerprint density at radius 2 is 2.32 bits per heavy atom. The number of rotatable bonds is 6. The molecule has 0 bridgehead atoms. The van der Waals surface area contributed by atoms with E-state index in [2.05, 4.69) is 5.16 Å². The summed E-state index contributed by atoms with van der Waals surface area (Å²) in [6.07, 6.45) is -0.684. The zero-order valence-corrected chi connectivity index (χ0v) is 11.0. The summed E-state index contributed by atoms with van der Waals surface area (Å²) >= 11 is 0. The van der Waals surface area contributed by atoms with Gasteiger partial charge in [-0.25, -0.2) is 4.79 Å². The van der Waals surface area contributed by atoms with Gasteiger partial charge in [0.25, 0.3) is 5.91 Å². The van der Waals surface area contributed by atoms with Gasteiger partial charge in [-0.15, -0.1) is 0 Å². The highest BCUT2D eigenvalue weighted by atomic mass is 16.6. The molecule has 1 rings (SSSR count). The van der Waals surface area contributed by atoms with Crippen LogP contribution in [0, 0.1) is 17.2 Å². The Bertz CT molecular complexity index is 425. The predicted molar refractivity (Wildman–Crippen MR) is 66.2 cm³/mol. The van der Waals surface area contributed by atoms with Crippen LogP contribution < -0.4 is 0 Å².